The Labute approximate surface area is 204 Å². The van der Waals surface area contributed by atoms with E-state index in [9.17, 15) is 23.6 Å². The van der Waals surface area contributed by atoms with Crippen molar-refractivity contribution in [1.29, 1.82) is 0 Å². The zero-order valence-electron chi connectivity index (χ0n) is 18.3. The Balaban J connectivity index is 1.88. The minimum absolute atomic E-state index is 0.486. The number of carboxylic acid groups (broad SMARTS) is 1. The number of nitrogens with zero attached hydrogens (tertiary/aromatic N) is 1. The van der Waals surface area contributed by atoms with Gasteiger partial charge >= 0.3 is 12.1 Å². The molecule has 1 aliphatic rings. The maximum absolute atomic E-state index is 13.3. The van der Waals surface area contributed by atoms with Crippen molar-refractivity contribution in [3.05, 3.63) is 47.5 Å². The van der Waals surface area contributed by atoms with Crippen LogP contribution in [0.3, 0.4) is 0 Å². The molecular formula is C23H22ClFN2O6S. The van der Waals surface area contributed by atoms with Crippen LogP contribution in [0.15, 0.2) is 52.3 Å². The molecule has 0 aromatic heterocycles. The number of rotatable bonds is 8. The zero-order valence-corrected chi connectivity index (χ0v) is 19.9. The van der Waals surface area contributed by atoms with Crippen molar-refractivity contribution in [3.8, 4) is 0 Å². The van der Waals surface area contributed by atoms with E-state index in [1.54, 1.807) is 44.2 Å². The van der Waals surface area contributed by atoms with Crippen molar-refractivity contribution < 1.29 is 33.4 Å². The quantitative estimate of drug-likeness (QED) is 0.535. The number of aliphatic carboxylic acids is 1. The van der Waals surface area contributed by atoms with Crippen LogP contribution < -0.4 is 10.2 Å². The molecule has 0 aliphatic carbocycles. The Morgan fingerprint density at radius 3 is 2.44 bits per heavy atom. The fourth-order valence-electron chi connectivity index (χ4n) is 3.35. The number of anilines is 2. The van der Waals surface area contributed by atoms with E-state index in [2.05, 4.69) is 5.32 Å². The van der Waals surface area contributed by atoms with E-state index < -0.39 is 54.9 Å². The Morgan fingerprint density at radius 1 is 1.12 bits per heavy atom. The summed E-state index contributed by atoms with van der Waals surface area (Å²) in [5, 5.41) is 11.7. The van der Waals surface area contributed by atoms with Crippen LogP contribution in [0.4, 0.5) is 20.6 Å². The molecule has 11 heteroatoms. The summed E-state index contributed by atoms with van der Waals surface area (Å²) in [7, 11) is 0. The van der Waals surface area contributed by atoms with Crippen molar-refractivity contribution in [1.82, 2.24) is 5.32 Å². The summed E-state index contributed by atoms with van der Waals surface area (Å²) < 4.78 is 18.4. The van der Waals surface area contributed by atoms with Crippen LogP contribution in [-0.4, -0.2) is 47.7 Å². The fraction of sp³-hybridized carbons (Fsp3) is 0.304. The highest BCUT2D eigenvalue weighted by molar-refractivity contribution is 7.99. The van der Waals surface area contributed by atoms with Gasteiger partial charge in [-0.3, -0.25) is 14.4 Å². The Bertz CT molecular complexity index is 1130. The van der Waals surface area contributed by atoms with Crippen molar-refractivity contribution in [2.24, 2.45) is 5.92 Å². The number of fused-ring (bicyclic) bond motifs is 2. The number of ketones is 1. The van der Waals surface area contributed by atoms with Gasteiger partial charge in [0.15, 0.2) is 11.9 Å². The van der Waals surface area contributed by atoms with Gasteiger partial charge in [-0.15, -0.1) is 0 Å². The first kappa shape index (κ1) is 25.5. The van der Waals surface area contributed by atoms with Crippen LogP contribution in [-0.2, 0) is 19.1 Å². The van der Waals surface area contributed by atoms with Gasteiger partial charge in [-0.25, -0.2) is 14.1 Å². The van der Waals surface area contributed by atoms with E-state index in [-0.39, 0.29) is 0 Å². The second-order valence-corrected chi connectivity index (χ2v) is 9.34. The fourth-order valence-corrected chi connectivity index (χ4v) is 4.68. The predicted octanol–water partition coefficient (Wildman–Crippen LogP) is 4.60. The summed E-state index contributed by atoms with van der Waals surface area (Å²) in [5.74, 6) is -3.90. The highest BCUT2D eigenvalue weighted by Gasteiger charge is 2.35. The van der Waals surface area contributed by atoms with Crippen LogP contribution >= 0.6 is 23.4 Å². The smallest absolute Gasteiger partial charge is 0.419 e. The molecule has 1 aliphatic heterocycles. The van der Waals surface area contributed by atoms with Gasteiger partial charge in [0.1, 0.15) is 12.7 Å². The van der Waals surface area contributed by atoms with Crippen molar-refractivity contribution in [2.45, 2.75) is 42.2 Å². The van der Waals surface area contributed by atoms with Gasteiger partial charge < -0.3 is 15.2 Å². The summed E-state index contributed by atoms with van der Waals surface area (Å²) in [5.41, 5.74) is 1.06. The Morgan fingerprint density at radius 2 is 1.79 bits per heavy atom. The number of ether oxygens (including phenoxy) is 1. The lowest BCUT2D eigenvalue weighted by Crippen LogP contribution is -2.50. The van der Waals surface area contributed by atoms with Crippen molar-refractivity contribution >= 4 is 58.5 Å². The highest BCUT2D eigenvalue weighted by atomic mass is 35.5. The molecule has 34 heavy (non-hydrogen) atoms. The molecule has 2 N–H and O–H groups in total. The molecule has 2 atom stereocenters. The SMILES string of the molecule is CC(C)C(OC(=O)N1c2ccccc2Sc2cc(Cl)ccc21)C(=O)NC(CC(=O)O)C(=O)CF. The molecule has 0 saturated heterocycles. The topological polar surface area (TPSA) is 113 Å². The molecule has 2 aromatic rings. The van der Waals surface area contributed by atoms with Crippen LogP contribution in [0, 0.1) is 5.92 Å². The van der Waals surface area contributed by atoms with E-state index in [1.807, 2.05) is 12.1 Å². The molecule has 0 spiro atoms. The number of amides is 2. The molecule has 3 rings (SSSR count). The van der Waals surface area contributed by atoms with Gasteiger partial charge in [-0.1, -0.05) is 49.3 Å². The third-order valence-electron chi connectivity index (χ3n) is 4.98. The largest absolute Gasteiger partial charge is 0.481 e. The molecule has 0 saturated carbocycles. The lowest BCUT2D eigenvalue weighted by molar-refractivity contribution is -0.141. The number of hydrogen-bond acceptors (Lipinski definition) is 6. The first-order valence-corrected chi connectivity index (χ1v) is 11.5. The standard InChI is InChI=1S/C23H22ClFN2O6S/c1-12(2)21(22(31)26-14(10-20(29)30)17(28)11-25)33-23(32)27-15-5-3-4-6-18(15)34-19-9-13(24)7-8-16(19)27/h3-9,12,14,21H,10-11H2,1-2H3,(H,26,31)(H,29,30). The lowest BCUT2D eigenvalue weighted by Gasteiger charge is -2.32. The molecule has 0 fully saturated rings. The van der Waals surface area contributed by atoms with Crippen LogP contribution in [0.25, 0.3) is 0 Å². The van der Waals surface area contributed by atoms with E-state index in [1.165, 1.54) is 16.7 Å². The zero-order chi connectivity index (χ0) is 25.0. The van der Waals surface area contributed by atoms with Crippen LogP contribution in [0.1, 0.15) is 20.3 Å². The van der Waals surface area contributed by atoms with Gasteiger partial charge in [0.25, 0.3) is 5.91 Å². The second kappa shape index (κ2) is 10.9. The number of carboxylic acids is 1. The van der Waals surface area contributed by atoms with Gasteiger partial charge in [0.2, 0.25) is 0 Å². The first-order valence-electron chi connectivity index (χ1n) is 10.3. The number of alkyl halides is 1. The van der Waals surface area contributed by atoms with E-state index in [0.29, 0.717) is 21.3 Å². The van der Waals surface area contributed by atoms with Gasteiger partial charge in [0, 0.05) is 14.8 Å². The number of benzene rings is 2. The molecule has 180 valence electrons. The normalized spacial score (nSPS) is 14.0. The van der Waals surface area contributed by atoms with Gasteiger partial charge in [-0.05, 0) is 36.2 Å². The van der Waals surface area contributed by atoms with Crippen molar-refractivity contribution in [2.75, 3.05) is 11.6 Å². The molecule has 1 heterocycles. The molecular weight excluding hydrogens is 487 g/mol. The monoisotopic (exact) mass is 508 g/mol. The molecule has 2 aromatic carbocycles. The summed E-state index contributed by atoms with van der Waals surface area (Å²) >= 11 is 7.55. The molecule has 8 nitrogen and oxygen atoms in total. The maximum Gasteiger partial charge on any atom is 0.419 e. The van der Waals surface area contributed by atoms with E-state index in [0.717, 1.165) is 4.90 Å². The summed E-state index contributed by atoms with van der Waals surface area (Å²) in [6.07, 6.45) is -3.01. The Kier molecular flexibility index (Phi) is 8.16. The minimum atomic E-state index is -1.58. The third-order valence-corrected chi connectivity index (χ3v) is 6.33. The molecule has 0 bridgehead atoms. The number of nitrogens with one attached hydrogen (secondary N) is 1. The Hall–Kier alpha value is -3.11. The summed E-state index contributed by atoms with van der Waals surface area (Å²) in [4.78, 5) is 51.8. The number of para-hydroxylation sites is 1. The van der Waals surface area contributed by atoms with Crippen LogP contribution in [0.5, 0.6) is 0 Å². The van der Waals surface area contributed by atoms with Gasteiger partial charge in [0.05, 0.1) is 17.8 Å². The first-order chi connectivity index (χ1) is 16.1. The predicted molar refractivity (Wildman–Crippen MR) is 124 cm³/mol. The average molecular weight is 509 g/mol. The summed E-state index contributed by atoms with van der Waals surface area (Å²) in [6.45, 7) is 1.80. The highest BCUT2D eigenvalue weighted by Crippen LogP contribution is 2.49. The number of carbonyl (C=O) groups is 4. The third kappa shape index (κ3) is 5.68. The van der Waals surface area contributed by atoms with E-state index in [4.69, 9.17) is 21.4 Å². The maximum atomic E-state index is 13.3. The summed E-state index contributed by atoms with van der Waals surface area (Å²) in [6, 6.07) is 10.6. The van der Waals surface area contributed by atoms with E-state index >= 15 is 0 Å². The average Bonchev–Trinajstić information content (AvgIpc) is 2.79. The number of carbonyl (C=O) groups excluding carboxylic acids is 3. The minimum Gasteiger partial charge on any atom is -0.481 e. The number of Topliss-reactive ketones (excluding diaryl/α,β-unsaturated/α-hetero) is 1. The van der Waals surface area contributed by atoms with Crippen molar-refractivity contribution in [3.63, 3.8) is 0 Å². The van der Waals surface area contributed by atoms with Crippen LogP contribution in [0.2, 0.25) is 5.02 Å². The molecule has 2 unspecified atom stereocenters. The van der Waals surface area contributed by atoms with Gasteiger partial charge in [-0.2, -0.15) is 0 Å². The molecule has 0 radical (unpaired) electrons. The number of hydrogen-bond donors (Lipinski definition) is 2. The second-order valence-electron chi connectivity index (χ2n) is 7.82. The molecule has 2 amide bonds. The lowest BCUT2D eigenvalue weighted by atomic mass is 10.0. The number of halogens is 2.